The molecule has 1 aromatic carbocycles. The van der Waals surface area contributed by atoms with Gasteiger partial charge < -0.3 is 15.1 Å². The van der Waals surface area contributed by atoms with Crippen molar-refractivity contribution < 1.29 is 9.59 Å². The van der Waals surface area contributed by atoms with E-state index >= 15 is 0 Å². The largest absolute Gasteiger partial charge is 0.327 e. The van der Waals surface area contributed by atoms with Crippen LogP contribution in [-0.2, 0) is 16.0 Å². The van der Waals surface area contributed by atoms with Crippen LogP contribution in [0.3, 0.4) is 0 Å². The minimum Gasteiger partial charge on any atom is -0.327 e. The Labute approximate surface area is 207 Å². The van der Waals surface area contributed by atoms with Crippen molar-refractivity contribution in [3.05, 3.63) is 47.4 Å². The Hall–Kier alpha value is -3.37. The van der Waals surface area contributed by atoms with Gasteiger partial charge in [-0.15, -0.1) is 11.3 Å². The number of fused-ring (bicyclic) bond motifs is 2. The quantitative estimate of drug-likeness (QED) is 0.413. The second-order valence-corrected chi connectivity index (χ2v) is 10.6. The fraction of sp³-hybridized carbons (Fsp3) is 0.400. The summed E-state index contributed by atoms with van der Waals surface area (Å²) in [6.07, 6.45) is 7.48. The summed E-state index contributed by atoms with van der Waals surface area (Å²) in [6.45, 7) is 3.60. The van der Waals surface area contributed by atoms with Gasteiger partial charge in [-0.1, -0.05) is 13.0 Å². The summed E-state index contributed by atoms with van der Waals surface area (Å²) in [5, 5.41) is 11.4. The molecule has 182 valence electrons. The Kier molecular flexibility index (Phi) is 6.48. The third kappa shape index (κ3) is 4.89. The maximum absolute atomic E-state index is 13.4. The maximum Gasteiger partial charge on any atom is 0.313 e. The van der Waals surface area contributed by atoms with Crippen molar-refractivity contribution in [1.29, 1.82) is 0 Å². The fourth-order valence-electron chi connectivity index (χ4n) is 4.62. The fourth-order valence-corrected chi connectivity index (χ4v) is 5.56. The van der Waals surface area contributed by atoms with E-state index in [0.29, 0.717) is 29.1 Å². The minimum absolute atomic E-state index is 0.163. The molecule has 1 saturated heterocycles. The van der Waals surface area contributed by atoms with Gasteiger partial charge in [0.1, 0.15) is 0 Å². The van der Waals surface area contributed by atoms with Crippen molar-refractivity contribution in [3.63, 3.8) is 0 Å². The highest BCUT2D eigenvalue weighted by Crippen LogP contribution is 2.36. The lowest BCUT2D eigenvalue weighted by atomic mass is 9.89. The SMILES string of the molecule is CC1CCC(c2ccc3sc(CCN(C)C)nc3c2)N(C(=O)C(=O)Nc2cncc3[nH]ncc23)C1. The predicted octanol–water partition coefficient (Wildman–Crippen LogP) is 3.61. The van der Waals surface area contributed by atoms with E-state index in [2.05, 4.69) is 64.6 Å². The number of thiazole rings is 1. The van der Waals surface area contributed by atoms with E-state index in [1.807, 2.05) is 0 Å². The molecule has 1 aliphatic rings. The Morgan fingerprint density at radius 2 is 2.09 bits per heavy atom. The molecule has 1 fully saturated rings. The summed E-state index contributed by atoms with van der Waals surface area (Å²) in [4.78, 5) is 39.2. The molecule has 1 aliphatic heterocycles. The highest BCUT2D eigenvalue weighted by Gasteiger charge is 2.34. The number of rotatable bonds is 5. The predicted molar refractivity (Wildman–Crippen MR) is 137 cm³/mol. The molecule has 10 heteroatoms. The number of carbonyl (C=O) groups excluding carboxylic acids is 2. The summed E-state index contributed by atoms with van der Waals surface area (Å²) in [6, 6.07) is 6.09. The summed E-state index contributed by atoms with van der Waals surface area (Å²) in [7, 11) is 4.12. The van der Waals surface area contributed by atoms with Gasteiger partial charge in [-0.25, -0.2) is 4.98 Å². The van der Waals surface area contributed by atoms with Gasteiger partial charge in [0, 0.05) is 24.9 Å². The van der Waals surface area contributed by atoms with Crippen molar-refractivity contribution in [2.75, 3.05) is 32.5 Å². The van der Waals surface area contributed by atoms with Gasteiger partial charge in [-0.2, -0.15) is 5.10 Å². The molecule has 9 nitrogen and oxygen atoms in total. The number of hydrogen-bond acceptors (Lipinski definition) is 7. The number of aromatic nitrogens is 4. The normalized spacial score (nSPS) is 18.5. The van der Waals surface area contributed by atoms with Gasteiger partial charge in [-0.05, 0) is 50.6 Å². The molecule has 2 N–H and O–H groups in total. The van der Waals surface area contributed by atoms with Gasteiger partial charge in [0.15, 0.2) is 0 Å². The molecule has 0 spiro atoms. The first-order valence-electron chi connectivity index (χ1n) is 11.8. The summed E-state index contributed by atoms with van der Waals surface area (Å²) in [5.41, 5.74) is 3.13. The Balaban J connectivity index is 1.38. The van der Waals surface area contributed by atoms with E-state index in [9.17, 15) is 9.59 Å². The molecular weight excluding hydrogens is 462 g/mol. The second kappa shape index (κ2) is 9.71. The number of hydrogen-bond donors (Lipinski definition) is 2. The first-order valence-corrected chi connectivity index (χ1v) is 12.6. The zero-order valence-electron chi connectivity index (χ0n) is 20.1. The van der Waals surface area contributed by atoms with Crippen molar-refractivity contribution in [2.45, 2.75) is 32.2 Å². The third-order valence-corrected chi connectivity index (χ3v) is 7.60. The molecule has 2 amide bonds. The summed E-state index contributed by atoms with van der Waals surface area (Å²) < 4.78 is 1.14. The summed E-state index contributed by atoms with van der Waals surface area (Å²) in [5.74, 6) is -0.880. The molecule has 2 unspecified atom stereocenters. The number of nitrogens with one attached hydrogen (secondary N) is 2. The van der Waals surface area contributed by atoms with Crippen molar-refractivity contribution in [3.8, 4) is 0 Å². The van der Waals surface area contributed by atoms with Crippen LogP contribution in [0.1, 0.15) is 36.4 Å². The van der Waals surface area contributed by atoms with Gasteiger partial charge >= 0.3 is 11.8 Å². The lowest BCUT2D eigenvalue weighted by Crippen LogP contribution is -2.46. The number of carbonyl (C=O) groups is 2. The van der Waals surface area contributed by atoms with Crippen LogP contribution in [-0.4, -0.2) is 69.0 Å². The molecule has 35 heavy (non-hydrogen) atoms. The van der Waals surface area contributed by atoms with Crippen LogP contribution in [0.15, 0.2) is 36.8 Å². The topological polar surface area (TPSA) is 107 Å². The van der Waals surface area contributed by atoms with Crippen LogP contribution in [0.4, 0.5) is 5.69 Å². The van der Waals surface area contributed by atoms with Crippen molar-refractivity contribution in [1.82, 2.24) is 30.0 Å². The van der Waals surface area contributed by atoms with Crippen LogP contribution in [0.5, 0.6) is 0 Å². The van der Waals surface area contributed by atoms with Crippen LogP contribution < -0.4 is 5.32 Å². The molecular formula is C25H29N7O2S. The zero-order chi connectivity index (χ0) is 24.5. The molecule has 2 atom stereocenters. The molecule has 0 saturated carbocycles. The standard InChI is InChI=1S/C25H29N7O2S/c1-15-4-6-21(16-5-7-22-18(10-16)28-23(35-22)8-9-31(2)3)32(14-15)25(34)24(33)29-19-12-26-13-20-17(19)11-27-30-20/h5,7,10-13,15,21H,4,6,8-9,14H2,1-3H3,(H,27,30)(H,29,33). The molecule has 4 aromatic rings. The molecule has 5 rings (SSSR count). The van der Waals surface area contributed by atoms with E-state index in [1.54, 1.807) is 28.6 Å². The number of aromatic amines is 1. The molecule has 0 bridgehead atoms. The van der Waals surface area contributed by atoms with Crippen LogP contribution >= 0.6 is 11.3 Å². The lowest BCUT2D eigenvalue weighted by Gasteiger charge is -2.38. The molecule has 4 heterocycles. The maximum atomic E-state index is 13.4. The first-order chi connectivity index (χ1) is 16.9. The number of anilines is 1. The van der Waals surface area contributed by atoms with Gasteiger partial charge in [0.2, 0.25) is 0 Å². The smallest absolute Gasteiger partial charge is 0.313 e. The number of pyridine rings is 1. The molecule has 0 radical (unpaired) electrons. The number of H-pyrrole nitrogens is 1. The van der Waals surface area contributed by atoms with Gasteiger partial charge in [-0.3, -0.25) is 19.7 Å². The van der Waals surface area contributed by atoms with E-state index in [-0.39, 0.29) is 6.04 Å². The van der Waals surface area contributed by atoms with E-state index in [1.165, 1.54) is 6.20 Å². The Morgan fingerprint density at radius 3 is 2.91 bits per heavy atom. The van der Waals surface area contributed by atoms with Gasteiger partial charge in [0.05, 0.1) is 51.1 Å². The van der Waals surface area contributed by atoms with Crippen LogP contribution in [0.2, 0.25) is 0 Å². The highest BCUT2D eigenvalue weighted by atomic mass is 32.1. The molecule has 0 aliphatic carbocycles. The summed E-state index contributed by atoms with van der Waals surface area (Å²) >= 11 is 1.71. The number of amides is 2. The minimum atomic E-state index is -0.666. The first kappa shape index (κ1) is 23.4. The number of benzene rings is 1. The van der Waals surface area contributed by atoms with Gasteiger partial charge in [0.25, 0.3) is 0 Å². The lowest BCUT2D eigenvalue weighted by molar-refractivity contribution is -0.146. The Morgan fingerprint density at radius 1 is 1.23 bits per heavy atom. The zero-order valence-corrected chi connectivity index (χ0v) is 20.9. The van der Waals surface area contributed by atoms with E-state index in [4.69, 9.17) is 4.98 Å². The monoisotopic (exact) mass is 491 g/mol. The van der Waals surface area contributed by atoms with E-state index < -0.39 is 11.8 Å². The Bertz CT molecular complexity index is 1380. The number of likely N-dealkylation sites (N-methyl/N-ethyl adjacent to an activating group) is 1. The average molecular weight is 492 g/mol. The second-order valence-electron chi connectivity index (χ2n) is 9.52. The van der Waals surface area contributed by atoms with Crippen LogP contribution in [0.25, 0.3) is 21.1 Å². The number of nitrogens with zero attached hydrogens (tertiary/aromatic N) is 5. The average Bonchev–Trinajstić information content (AvgIpc) is 3.49. The van der Waals surface area contributed by atoms with Crippen LogP contribution in [0, 0.1) is 5.92 Å². The van der Waals surface area contributed by atoms with Crippen molar-refractivity contribution in [2.24, 2.45) is 5.92 Å². The third-order valence-electron chi connectivity index (χ3n) is 6.50. The number of likely N-dealkylation sites (tertiary alicyclic amines) is 1. The number of piperidine rings is 1. The van der Waals surface area contributed by atoms with Crippen molar-refractivity contribution >= 4 is 50.0 Å². The molecule has 3 aromatic heterocycles. The highest BCUT2D eigenvalue weighted by molar-refractivity contribution is 7.18. The van der Waals surface area contributed by atoms with E-state index in [0.717, 1.165) is 46.6 Å².